The first kappa shape index (κ1) is 30.6. The van der Waals surface area contributed by atoms with E-state index >= 15 is 0 Å². The molecule has 1 saturated heterocycles. The van der Waals surface area contributed by atoms with Crippen molar-refractivity contribution >= 4 is 17.5 Å². The maximum atomic E-state index is 14.4. The number of nitrogens with zero attached hydrogens (tertiary/aromatic N) is 2. The average Bonchev–Trinajstić information content (AvgIpc) is 2.97. The molecule has 42 heavy (non-hydrogen) atoms. The van der Waals surface area contributed by atoms with Gasteiger partial charge in [-0.05, 0) is 86.2 Å². The van der Waals surface area contributed by atoms with Gasteiger partial charge >= 0.3 is 0 Å². The summed E-state index contributed by atoms with van der Waals surface area (Å²) in [5, 5.41) is 2.96. The highest BCUT2D eigenvalue weighted by Gasteiger charge is 2.53. The topological polar surface area (TPSA) is 71.5 Å². The monoisotopic (exact) mass is 573 g/mol. The first-order valence-corrected chi connectivity index (χ1v) is 16.5. The van der Waals surface area contributed by atoms with Crippen LogP contribution >= 0.6 is 0 Å². The summed E-state index contributed by atoms with van der Waals surface area (Å²) in [6.45, 7) is 7.74. The number of rotatable bonds is 11. The number of piperidine rings is 1. The number of nitrogens with one attached hydrogen (secondary N) is 1. The molecule has 1 aromatic carbocycles. The van der Waals surface area contributed by atoms with Crippen LogP contribution in [0.3, 0.4) is 0 Å². The van der Waals surface area contributed by atoms with Gasteiger partial charge in [-0.15, -0.1) is 0 Å². The lowest BCUT2D eigenvalue weighted by atomic mass is 9.56. The molecule has 5 rings (SSSR count). The van der Waals surface area contributed by atoms with E-state index in [2.05, 4.69) is 66.3 Å². The summed E-state index contributed by atoms with van der Waals surface area (Å²) in [7, 11) is 1.57. The number of aromatic nitrogens is 1. The summed E-state index contributed by atoms with van der Waals surface area (Å²) in [6.07, 6.45) is 14.5. The maximum Gasteiger partial charge on any atom is 0.226 e. The summed E-state index contributed by atoms with van der Waals surface area (Å²) in [5.74, 6) is 1.88. The van der Waals surface area contributed by atoms with Crippen molar-refractivity contribution in [2.45, 2.75) is 109 Å². The van der Waals surface area contributed by atoms with Crippen molar-refractivity contribution in [3.8, 4) is 5.88 Å². The molecule has 3 aliphatic rings. The maximum absolute atomic E-state index is 14.4. The number of anilines is 1. The number of pyridine rings is 1. The van der Waals surface area contributed by atoms with E-state index < -0.39 is 0 Å². The number of methoxy groups -OCH3 is 1. The van der Waals surface area contributed by atoms with Crippen LogP contribution in [0.15, 0.2) is 48.7 Å². The highest BCUT2D eigenvalue weighted by atomic mass is 16.5. The van der Waals surface area contributed by atoms with Crippen molar-refractivity contribution in [1.82, 2.24) is 9.88 Å². The summed E-state index contributed by atoms with van der Waals surface area (Å²) < 4.78 is 5.12. The molecule has 1 aromatic heterocycles. The molecule has 1 aliphatic heterocycles. The lowest BCUT2D eigenvalue weighted by Crippen LogP contribution is -2.62. The molecule has 6 heteroatoms. The van der Waals surface area contributed by atoms with Crippen molar-refractivity contribution in [2.75, 3.05) is 19.0 Å². The quantitative estimate of drug-likeness (QED) is 0.298. The lowest BCUT2D eigenvalue weighted by Gasteiger charge is -2.58. The van der Waals surface area contributed by atoms with Crippen molar-refractivity contribution in [3.05, 3.63) is 54.2 Å². The van der Waals surface area contributed by atoms with E-state index in [4.69, 9.17) is 4.74 Å². The van der Waals surface area contributed by atoms with Crippen LogP contribution in [-0.2, 0) is 15.0 Å². The van der Waals surface area contributed by atoms with Crippen LogP contribution in [0.5, 0.6) is 5.88 Å². The van der Waals surface area contributed by atoms with Gasteiger partial charge in [0, 0.05) is 30.5 Å². The van der Waals surface area contributed by atoms with E-state index in [1.807, 2.05) is 0 Å². The van der Waals surface area contributed by atoms with E-state index in [0.29, 0.717) is 35.7 Å². The van der Waals surface area contributed by atoms with Gasteiger partial charge in [0.05, 0.1) is 19.0 Å². The molecule has 0 radical (unpaired) electrons. The third kappa shape index (κ3) is 6.23. The van der Waals surface area contributed by atoms with Gasteiger partial charge in [-0.1, -0.05) is 70.4 Å². The number of carbonyl (C=O) groups is 2. The number of benzene rings is 1. The Morgan fingerprint density at radius 3 is 2.38 bits per heavy atom. The second kappa shape index (κ2) is 13.2. The van der Waals surface area contributed by atoms with Crippen molar-refractivity contribution < 1.29 is 14.3 Å². The van der Waals surface area contributed by atoms with Crippen LogP contribution in [0.1, 0.15) is 103 Å². The molecule has 2 heterocycles. The largest absolute Gasteiger partial charge is 0.481 e. The minimum atomic E-state index is -0.102. The Balaban J connectivity index is 1.30. The number of ether oxygens (including phenoxy) is 1. The Morgan fingerprint density at radius 2 is 1.79 bits per heavy atom. The molecule has 1 N–H and O–H groups in total. The molecule has 3 atom stereocenters. The Labute approximate surface area is 253 Å². The molecule has 2 saturated carbocycles. The van der Waals surface area contributed by atoms with E-state index in [0.717, 1.165) is 45.1 Å². The van der Waals surface area contributed by atoms with Gasteiger partial charge in [0.15, 0.2) is 0 Å². The smallest absolute Gasteiger partial charge is 0.226 e. The van der Waals surface area contributed by atoms with Crippen molar-refractivity contribution in [3.63, 3.8) is 0 Å². The summed E-state index contributed by atoms with van der Waals surface area (Å²) in [4.78, 5) is 33.9. The fraction of sp³-hybridized carbons (Fsp3) is 0.639. The van der Waals surface area contributed by atoms with Gasteiger partial charge in [-0.25, -0.2) is 4.98 Å². The molecular weight excluding hydrogens is 522 g/mol. The first-order valence-electron chi connectivity index (χ1n) is 16.5. The molecule has 2 aliphatic carbocycles. The second-order valence-corrected chi connectivity index (χ2v) is 13.6. The Morgan fingerprint density at radius 1 is 1.05 bits per heavy atom. The molecule has 6 nitrogen and oxygen atoms in total. The van der Waals surface area contributed by atoms with Crippen LogP contribution in [0.4, 0.5) is 5.69 Å². The van der Waals surface area contributed by atoms with E-state index in [-0.39, 0.29) is 28.7 Å². The highest BCUT2D eigenvalue weighted by Crippen LogP contribution is 2.54. The van der Waals surface area contributed by atoms with Crippen molar-refractivity contribution in [2.24, 2.45) is 23.7 Å². The fourth-order valence-corrected chi connectivity index (χ4v) is 8.31. The Hall–Kier alpha value is -2.89. The van der Waals surface area contributed by atoms with Gasteiger partial charge in [-0.2, -0.15) is 0 Å². The van der Waals surface area contributed by atoms with Crippen molar-refractivity contribution in [1.29, 1.82) is 0 Å². The third-order valence-electron chi connectivity index (χ3n) is 11.3. The molecule has 1 spiro atoms. The zero-order valence-corrected chi connectivity index (χ0v) is 26.2. The standard InChI is InChI=1S/C36H51N3O3/c1-5-10-27(3)36(29-13-7-6-8-14-29)21-19-35(20-22-36)18-17-31(34(41)39(35)25-28-11-9-12-28)26(2)23-32(40)38-30-15-16-33(42-4)37-24-30/h6-8,13-16,24,26-28,31H,5,9-12,17-23,25H2,1-4H3,(H,38,40)/t26?,27?,31?,35-,36-. The number of carbonyl (C=O) groups excluding carboxylic acids is 2. The van der Waals surface area contributed by atoms with Crippen LogP contribution in [0.2, 0.25) is 0 Å². The average molecular weight is 574 g/mol. The van der Waals surface area contributed by atoms with Crippen LogP contribution in [0, 0.1) is 23.7 Å². The lowest BCUT2D eigenvalue weighted by molar-refractivity contribution is -0.156. The number of amides is 2. The van der Waals surface area contributed by atoms with Gasteiger partial charge < -0.3 is 15.0 Å². The molecule has 3 unspecified atom stereocenters. The van der Waals surface area contributed by atoms with E-state index in [1.165, 1.54) is 37.7 Å². The fourth-order valence-electron chi connectivity index (χ4n) is 8.31. The molecule has 228 valence electrons. The Bertz CT molecular complexity index is 1190. The molecule has 2 amide bonds. The number of hydrogen-bond donors (Lipinski definition) is 1. The number of hydrogen-bond acceptors (Lipinski definition) is 4. The zero-order valence-electron chi connectivity index (χ0n) is 26.2. The molecule has 3 fully saturated rings. The van der Waals surface area contributed by atoms with Gasteiger partial charge in [0.25, 0.3) is 0 Å². The van der Waals surface area contributed by atoms with Gasteiger partial charge in [0.1, 0.15) is 0 Å². The van der Waals surface area contributed by atoms with Gasteiger partial charge in [0.2, 0.25) is 17.7 Å². The summed E-state index contributed by atoms with van der Waals surface area (Å²) in [6, 6.07) is 14.7. The normalized spacial score (nSPS) is 27.8. The minimum Gasteiger partial charge on any atom is -0.481 e. The zero-order chi connectivity index (χ0) is 29.7. The summed E-state index contributed by atoms with van der Waals surface area (Å²) in [5.41, 5.74) is 2.28. The van der Waals surface area contributed by atoms with Gasteiger partial charge in [-0.3, -0.25) is 9.59 Å². The third-order valence-corrected chi connectivity index (χ3v) is 11.3. The number of likely N-dealkylation sites (tertiary alicyclic amines) is 1. The second-order valence-electron chi connectivity index (χ2n) is 13.6. The first-order chi connectivity index (χ1) is 20.3. The highest BCUT2D eigenvalue weighted by molar-refractivity contribution is 5.91. The molecule has 0 bridgehead atoms. The molecule has 2 aromatic rings. The molecular formula is C36H51N3O3. The summed E-state index contributed by atoms with van der Waals surface area (Å²) >= 11 is 0. The predicted octanol–water partition coefficient (Wildman–Crippen LogP) is 7.78. The van der Waals surface area contributed by atoms with E-state index in [1.54, 1.807) is 25.4 Å². The van der Waals surface area contributed by atoms with Crippen LogP contribution in [-0.4, -0.2) is 40.9 Å². The Kier molecular flexibility index (Phi) is 9.59. The van der Waals surface area contributed by atoms with Crippen LogP contribution in [0.25, 0.3) is 0 Å². The minimum absolute atomic E-state index is 0.0125. The van der Waals surface area contributed by atoms with Crippen LogP contribution < -0.4 is 10.1 Å². The van der Waals surface area contributed by atoms with E-state index in [9.17, 15) is 9.59 Å². The predicted molar refractivity (Wildman–Crippen MR) is 168 cm³/mol. The SMILES string of the molecule is CCCC(C)[C@]1(c2ccccc2)CC[C@@]2(CCC(C(C)CC(=O)Nc3ccc(OC)nc3)C(=O)N2CC2CCC2)CC1.